The maximum atomic E-state index is 12.6. The second kappa shape index (κ2) is 5.98. The van der Waals surface area contributed by atoms with Crippen LogP contribution in [0.5, 0.6) is 0 Å². The Morgan fingerprint density at radius 3 is 2.67 bits per heavy atom. The highest BCUT2D eigenvalue weighted by atomic mass is 16.2. The number of carbonyl (C=O) groups excluding carboxylic acids is 1. The number of para-hydroxylation sites is 1. The molecule has 1 heterocycles. The Hall–Kier alpha value is -1.39. The Labute approximate surface area is 108 Å². The van der Waals surface area contributed by atoms with Gasteiger partial charge in [0.1, 0.15) is 0 Å². The van der Waals surface area contributed by atoms with Crippen molar-refractivity contribution >= 4 is 11.6 Å². The standard InChI is InChI=1S/C14H21N3O/c1-16-10-5-11-17(12-6-3-2-4-7-12)14(18)13(16)8-9-15/h2-4,6-7,13H,5,8-11,15H2,1H3. The number of benzene rings is 1. The summed E-state index contributed by atoms with van der Waals surface area (Å²) in [4.78, 5) is 16.6. The second-order valence-corrected chi connectivity index (χ2v) is 4.75. The molecule has 1 aromatic rings. The van der Waals surface area contributed by atoms with Gasteiger partial charge in [0, 0.05) is 18.8 Å². The lowest BCUT2D eigenvalue weighted by atomic mass is 10.1. The Bertz CT molecular complexity index is 393. The normalized spacial score (nSPS) is 22.0. The van der Waals surface area contributed by atoms with E-state index in [0.717, 1.165) is 31.6 Å². The van der Waals surface area contributed by atoms with Crippen molar-refractivity contribution in [3.8, 4) is 0 Å². The molecule has 18 heavy (non-hydrogen) atoms. The fourth-order valence-electron chi connectivity index (χ4n) is 2.48. The summed E-state index contributed by atoms with van der Waals surface area (Å²) in [5.74, 6) is 0.173. The van der Waals surface area contributed by atoms with Crippen LogP contribution in [0.3, 0.4) is 0 Å². The van der Waals surface area contributed by atoms with E-state index in [0.29, 0.717) is 6.54 Å². The fraction of sp³-hybridized carbons (Fsp3) is 0.500. The lowest BCUT2D eigenvalue weighted by Crippen LogP contribution is -2.45. The minimum Gasteiger partial charge on any atom is -0.330 e. The van der Waals surface area contributed by atoms with Crippen LogP contribution in [0.25, 0.3) is 0 Å². The lowest BCUT2D eigenvalue weighted by Gasteiger charge is -2.27. The van der Waals surface area contributed by atoms with E-state index in [2.05, 4.69) is 4.90 Å². The Morgan fingerprint density at radius 2 is 2.00 bits per heavy atom. The van der Waals surface area contributed by atoms with Crippen LogP contribution in [-0.2, 0) is 4.79 Å². The number of nitrogens with zero attached hydrogens (tertiary/aromatic N) is 2. The first-order valence-electron chi connectivity index (χ1n) is 6.51. The van der Waals surface area contributed by atoms with Crippen molar-refractivity contribution < 1.29 is 4.79 Å². The van der Waals surface area contributed by atoms with Gasteiger partial charge in [-0.25, -0.2) is 0 Å². The summed E-state index contributed by atoms with van der Waals surface area (Å²) in [7, 11) is 2.01. The summed E-state index contributed by atoms with van der Waals surface area (Å²) in [5, 5.41) is 0. The van der Waals surface area contributed by atoms with E-state index < -0.39 is 0 Å². The molecule has 0 radical (unpaired) electrons. The number of rotatable bonds is 3. The monoisotopic (exact) mass is 247 g/mol. The fourth-order valence-corrected chi connectivity index (χ4v) is 2.48. The molecule has 1 aliphatic rings. The first-order chi connectivity index (χ1) is 8.74. The summed E-state index contributed by atoms with van der Waals surface area (Å²) in [6.07, 6.45) is 1.72. The molecule has 0 aromatic heterocycles. The predicted octanol–water partition coefficient (Wildman–Crippen LogP) is 1.07. The third-order valence-electron chi connectivity index (χ3n) is 3.48. The van der Waals surface area contributed by atoms with Gasteiger partial charge in [0.25, 0.3) is 0 Å². The number of anilines is 1. The van der Waals surface area contributed by atoms with Gasteiger partial charge in [-0.3, -0.25) is 9.69 Å². The van der Waals surface area contributed by atoms with Crippen LogP contribution in [0.15, 0.2) is 30.3 Å². The summed E-state index contributed by atoms with van der Waals surface area (Å²) >= 11 is 0. The molecule has 0 spiro atoms. The van der Waals surface area contributed by atoms with E-state index >= 15 is 0 Å². The molecule has 4 heteroatoms. The van der Waals surface area contributed by atoms with Crippen LogP contribution in [-0.4, -0.2) is 43.5 Å². The smallest absolute Gasteiger partial charge is 0.244 e. The number of hydrogen-bond acceptors (Lipinski definition) is 3. The van der Waals surface area contributed by atoms with Gasteiger partial charge in [0.05, 0.1) is 6.04 Å². The van der Waals surface area contributed by atoms with Gasteiger partial charge >= 0.3 is 0 Å². The zero-order valence-corrected chi connectivity index (χ0v) is 10.9. The highest BCUT2D eigenvalue weighted by Gasteiger charge is 2.30. The van der Waals surface area contributed by atoms with E-state index in [-0.39, 0.29) is 11.9 Å². The van der Waals surface area contributed by atoms with E-state index in [4.69, 9.17) is 5.73 Å². The molecular weight excluding hydrogens is 226 g/mol. The summed E-state index contributed by atoms with van der Waals surface area (Å²) in [6.45, 7) is 2.28. The SMILES string of the molecule is CN1CCCN(c2ccccc2)C(=O)C1CCN. The van der Waals surface area contributed by atoms with Crippen molar-refractivity contribution in [1.29, 1.82) is 0 Å². The molecule has 1 amide bonds. The third-order valence-corrected chi connectivity index (χ3v) is 3.48. The van der Waals surface area contributed by atoms with Crippen LogP contribution in [0.4, 0.5) is 5.69 Å². The van der Waals surface area contributed by atoms with E-state index in [1.54, 1.807) is 0 Å². The number of hydrogen-bond donors (Lipinski definition) is 1. The summed E-state index contributed by atoms with van der Waals surface area (Å²) in [6, 6.07) is 9.79. The molecule has 0 aliphatic carbocycles. The number of nitrogens with two attached hydrogens (primary N) is 1. The maximum absolute atomic E-state index is 12.6. The van der Waals surface area contributed by atoms with Crippen LogP contribution < -0.4 is 10.6 Å². The molecule has 4 nitrogen and oxygen atoms in total. The Balaban J connectivity index is 2.23. The van der Waals surface area contributed by atoms with Crippen molar-refractivity contribution in [1.82, 2.24) is 4.90 Å². The predicted molar refractivity (Wildman–Crippen MR) is 73.5 cm³/mol. The molecule has 1 fully saturated rings. The molecule has 1 unspecified atom stereocenters. The van der Waals surface area contributed by atoms with E-state index in [1.165, 1.54) is 0 Å². The minimum atomic E-state index is -0.0855. The average molecular weight is 247 g/mol. The van der Waals surface area contributed by atoms with Crippen molar-refractivity contribution in [2.45, 2.75) is 18.9 Å². The molecular formula is C14H21N3O. The van der Waals surface area contributed by atoms with E-state index in [9.17, 15) is 4.79 Å². The van der Waals surface area contributed by atoms with E-state index in [1.807, 2.05) is 42.3 Å². The molecule has 1 aliphatic heterocycles. The van der Waals surface area contributed by atoms with Crippen LogP contribution in [0.2, 0.25) is 0 Å². The topological polar surface area (TPSA) is 49.6 Å². The average Bonchev–Trinajstić information content (AvgIpc) is 2.53. The second-order valence-electron chi connectivity index (χ2n) is 4.75. The number of amides is 1. The molecule has 1 saturated heterocycles. The molecule has 2 rings (SSSR count). The zero-order valence-electron chi connectivity index (χ0n) is 10.9. The van der Waals surface area contributed by atoms with Crippen LogP contribution in [0.1, 0.15) is 12.8 Å². The molecule has 1 aromatic carbocycles. The number of carbonyl (C=O) groups is 1. The van der Waals surface area contributed by atoms with Gasteiger partial charge in [-0.1, -0.05) is 18.2 Å². The van der Waals surface area contributed by atoms with Gasteiger partial charge in [-0.2, -0.15) is 0 Å². The minimum absolute atomic E-state index is 0.0855. The largest absolute Gasteiger partial charge is 0.330 e. The zero-order chi connectivity index (χ0) is 13.0. The van der Waals surface area contributed by atoms with Crippen molar-refractivity contribution in [3.05, 3.63) is 30.3 Å². The van der Waals surface area contributed by atoms with Gasteiger partial charge in [0.2, 0.25) is 5.91 Å². The molecule has 98 valence electrons. The quantitative estimate of drug-likeness (QED) is 0.869. The van der Waals surface area contributed by atoms with Crippen molar-refractivity contribution in [3.63, 3.8) is 0 Å². The molecule has 0 saturated carbocycles. The summed E-state index contributed by atoms with van der Waals surface area (Å²) < 4.78 is 0. The van der Waals surface area contributed by atoms with Crippen LogP contribution >= 0.6 is 0 Å². The first-order valence-corrected chi connectivity index (χ1v) is 6.51. The van der Waals surface area contributed by atoms with Crippen LogP contribution in [0, 0.1) is 0 Å². The third kappa shape index (κ3) is 2.71. The molecule has 2 N–H and O–H groups in total. The van der Waals surface area contributed by atoms with Crippen molar-refractivity contribution in [2.24, 2.45) is 5.73 Å². The number of likely N-dealkylation sites (N-methyl/N-ethyl adjacent to an activating group) is 1. The van der Waals surface area contributed by atoms with Gasteiger partial charge in [0.15, 0.2) is 0 Å². The first kappa shape index (κ1) is 13.1. The summed E-state index contributed by atoms with van der Waals surface area (Å²) in [5.41, 5.74) is 6.61. The van der Waals surface area contributed by atoms with Gasteiger partial charge < -0.3 is 10.6 Å². The molecule has 0 bridgehead atoms. The highest BCUT2D eigenvalue weighted by Crippen LogP contribution is 2.20. The van der Waals surface area contributed by atoms with Gasteiger partial charge in [-0.05, 0) is 38.6 Å². The lowest BCUT2D eigenvalue weighted by molar-refractivity contribution is -0.122. The highest BCUT2D eigenvalue weighted by molar-refractivity contribution is 5.97. The molecule has 1 atom stereocenters. The Morgan fingerprint density at radius 1 is 1.28 bits per heavy atom. The Kier molecular flexibility index (Phi) is 4.33. The van der Waals surface area contributed by atoms with Gasteiger partial charge in [-0.15, -0.1) is 0 Å². The van der Waals surface area contributed by atoms with Crippen molar-refractivity contribution in [2.75, 3.05) is 31.6 Å². The maximum Gasteiger partial charge on any atom is 0.244 e.